The fourth-order valence-corrected chi connectivity index (χ4v) is 3.06. The van der Waals surface area contributed by atoms with E-state index in [0.717, 1.165) is 16.5 Å². The lowest BCUT2D eigenvalue weighted by molar-refractivity contribution is 0.0912. The fraction of sp³-hybridized carbons (Fsp3) is 0.286. The summed E-state index contributed by atoms with van der Waals surface area (Å²) in [6.45, 7) is 3.74. The number of aryl methyl sites for hydroxylation is 1. The number of fused-ring (bicyclic) bond motifs is 1. The summed E-state index contributed by atoms with van der Waals surface area (Å²) in [6, 6.07) is 10.6. The highest BCUT2D eigenvalue weighted by atomic mass is 16.5. The van der Waals surface area contributed by atoms with Crippen molar-refractivity contribution in [3.05, 3.63) is 53.3 Å². The van der Waals surface area contributed by atoms with Crippen molar-refractivity contribution in [1.29, 1.82) is 0 Å². The highest BCUT2D eigenvalue weighted by molar-refractivity contribution is 5.99. The summed E-state index contributed by atoms with van der Waals surface area (Å²) < 4.78 is 21.7. The lowest BCUT2D eigenvalue weighted by Crippen LogP contribution is -2.27. The number of hydrogen-bond acceptors (Lipinski definition) is 5. The Hall–Kier alpha value is -3.15. The van der Waals surface area contributed by atoms with Gasteiger partial charge < -0.3 is 23.9 Å². The van der Waals surface area contributed by atoms with E-state index >= 15 is 0 Å². The van der Waals surface area contributed by atoms with Crippen LogP contribution in [0.3, 0.4) is 0 Å². The van der Waals surface area contributed by atoms with E-state index in [0.29, 0.717) is 22.8 Å². The molecule has 1 atom stereocenters. The smallest absolute Gasteiger partial charge is 0.287 e. The fourth-order valence-electron chi connectivity index (χ4n) is 3.06. The number of methoxy groups -OCH3 is 3. The Balaban J connectivity index is 1.89. The molecule has 3 rings (SSSR count). The van der Waals surface area contributed by atoms with Gasteiger partial charge in [-0.1, -0.05) is 0 Å². The Bertz CT molecular complexity index is 976. The molecule has 0 bridgehead atoms. The second-order valence-electron chi connectivity index (χ2n) is 6.22. The second kappa shape index (κ2) is 7.61. The second-order valence-corrected chi connectivity index (χ2v) is 6.22. The molecule has 1 amide bonds. The van der Waals surface area contributed by atoms with E-state index in [1.165, 1.54) is 0 Å². The molecule has 0 aliphatic carbocycles. The molecule has 6 heteroatoms. The van der Waals surface area contributed by atoms with E-state index in [1.807, 2.05) is 38.1 Å². The predicted molar refractivity (Wildman–Crippen MR) is 103 cm³/mol. The molecule has 0 aliphatic rings. The maximum atomic E-state index is 12.8. The summed E-state index contributed by atoms with van der Waals surface area (Å²) in [6.07, 6.45) is 0. The third-order valence-corrected chi connectivity index (χ3v) is 4.60. The van der Waals surface area contributed by atoms with Crippen molar-refractivity contribution in [3.8, 4) is 17.2 Å². The molecule has 0 radical (unpaired) electrons. The topological polar surface area (TPSA) is 69.9 Å². The van der Waals surface area contributed by atoms with E-state index in [-0.39, 0.29) is 17.7 Å². The number of carbonyl (C=O) groups excluding carboxylic acids is 1. The third kappa shape index (κ3) is 3.56. The van der Waals surface area contributed by atoms with Gasteiger partial charge in [-0.2, -0.15) is 0 Å². The van der Waals surface area contributed by atoms with E-state index in [9.17, 15) is 4.79 Å². The Morgan fingerprint density at radius 3 is 2.33 bits per heavy atom. The van der Waals surface area contributed by atoms with Crippen LogP contribution in [0.15, 0.2) is 40.8 Å². The summed E-state index contributed by atoms with van der Waals surface area (Å²) in [7, 11) is 4.80. The molecule has 3 aromatic rings. The summed E-state index contributed by atoms with van der Waals surface area (Å²) in [4.78, 5) is 12.8. The van der Waals surface area contributed by atoms with Gasteiger partial charge in [-0.25, -0.2) is 0 Å². The minimum absolute atomic E-state index is 0.284. The monoisotopic (exact) mass is 369 g/mol. The zero-order valence-electron chi connectivity index (χ0n) is 16.1. The molecule has 1 aromatic heterocycles. The van der Waals surface area contributed by atoms with Crippen molar-refractivity contribution in [2.45, 2.75) is 19.9 Å². The first-order valence-corrected chi connectivity index (χ1v) is 8.58. The van der Waals surface area contributed by atoms with Crippen molar-refractivity contribution in [2.75, 3.05) is 21.3 Å². The van der Waals surface area contributed by atoms with Crippen molar-refractivity contribution >= 4 is 16.9 Å². The SMILES string of the molecule is COc1ccc(OC)c([C@H](C)NC(=O)c2oc3ccc(OC)cc3c2C)c1. The van der Waals surface area contributed by atoms with Crippen LogP contribution >= 0.6 is 0 Å². The number of rotatable bonds is 6. The maximum Gasteiger partial charge on any atom is 0.287 e. The van der Waals surface area contributed by atoms with Crippen LogP contribution in [0.5, 0.6) is 17.2 Å². The van der Waals surface area contributed by atoms with Crippen LogP contribution in [0.1, 0.15) is 34.6 Å². The van der Waals surface area contributed by atoms with Crippen LogP contribution in [-0.2, 0) is 0 Å². The molecule has 0 saturated carbocycles. The molecular weight excluding hydrogens is 346 g/mol. The van der Waals surface area contributed by atoms with Gasteiger partial charge in [-0.05, 0) is 50.2 Å². The Morgan fingerprint density at radius 1 is 1.00 bits per heavy atom. The first-order chi connectivity index (χ1) is 13.0. The van der Waals surface area contributed by atoms with Gasteiger partial charge in [0, 0.05) is 16.5 Å². The summed E-state index contributed by atoms with van der Waals surface area (Å²) in [5.41, 5.74) is 2.23. The van der Waals surface area contributed by atoms with E-state index in [1.54, 1.807) is 33.5 Å². The molecule has 0 unspecified atom stereocenters. The zero-order chi connectivity index (χ0) is 19.6. The molecule has 6 nitrogen and oxygen atoms in total. The number of carbonyl (C=O) groups is 1. The van der Waals surface area contributed by atoms with Crippen LogP contribution in [-0.4, -0.2) is 27.2 Å². The van der Waals surface area contributed by atoms with Crippen LogP contribution in [0, 0.1) is 6.92 Å². The van der Waals surface area contributed by atoms with Crippen molar-refractivity contribution in [1.82, 2.24) is 5.32 Å². The molecule has 2 aromatic carbocycles. The average molecular weight is 369 g/mol. The standard InChI is InChI=1S/C21H23NO5/c1-12-16-10-14(24-3)7-9-19(16)27-20(12)21(23)22-13(2)17-11-15(25-4)6-8-18(17)26-5/h6-11,13H,1-5H3,(H,22,23)/t13-/m0/s1. The largest absolute Gasteiger partial charge is 0.497 e. The lowest BCUT2D eigenvalue weighted by atomic mass is 10.1. The van der Waals surface area contributed by atoms with Crippen molar-refractivity contribution in [2.24, 2.45) is 0 Å². The quantitative estimate of drug-likeness (QED) is 0.703. The first-order valence-electron chi connectivity index (χ1n) is 8.58. The lowest BCUT2D eigenvalue weighted by Gasteiger charge is -2.18. The molecule has 0 saturated heterocycles. The molecule has 0 aliphatic heterocycles. The minimum Gasteiger partial charge on any atom is -0.497 e. The van der Waals surface area contributed by atoms with Crippen LogP contribution in [0.4, 0.5) is 0 Å². The van der Waals surface area contributed by atoms with E-state index in [2.05, 4.69) is 5.32 Å². The van der Waals surface area contributed by atoms with E-state index in [4.69, 9.17) is 18.6 Å². The van der Waals surface area contributed by atoms with Crippen molar-refractivity contribution in [3.63, 3.8) is 0 Å². The highest BCUT2D eigenvalue weighted by Crippen LogP contribution is 2.31. The summed E-state index contributed by atoms with van der Waals surface area (Å²) >= 11 is 0. The van der Waals surface area contributed by atoms with Crippen LogP contribution in [0.25, 0.3) is 11.0 Å². The van der Waals surface area contributed by atoms with Gasteiger partial charge in [0.05, 0.1) is 27.4 Å². The van der Waals surface area contributed by atoms with Crippen molar-refractivity contribution < 1.29 is 23.4 Å². The average Bonchev–Trinajstić information content (AvgIpc) is 3.03. The van der Waals surface area contributed by atoms with Gasteiger partial charge in [0.15, 0.2) is 5.76 Å². The molecule has 1 N–H and O–H groups in total. The van der Waals surface area contributed by atoms with Gasteiger partial charge in [0.1, 0.15) is 22.8 Å². The Morgan fingerprint density at radius 2 is 1.67 bits per heavy atom. The number of amides is 1. The van der Waals surface area contributed by atoms with E-state index < -0.39 is 0 Å². The molecular formula is C21H23NO5. The molecule has 142 valence electrons. The van der Waals surface area contributed by atoms with Gasteiger partial charge in [-0.3, -0.25) is 4.79 Å². The number of ether oxygens (including phenoxy) is 3. The number of nitrogens with one attached hydrogen (secondary N) is 1. The molecule has 0 spiro atoms. The summed E-state index contributed by atoms with van der Waals surface area (Å²) in [5, 5.41) is 3.82. The van der Waals surface area contributed by atoms with Gasteiger partial charge in [0.25, 0.3) is 5.91 Å². The summed E-state index contributed by atoms with van der Waals surface area (Å²) in [5.74, 6) is 2.08. The first kappa shape index (κ1) is 18.6. The Kier molecular flexibility index (Phi) is 5.26. The third-order valence-electron chi connectivity index (χ3n) is 4.60. The normalized spacial score (nSPS) is 11.9. The Labute approximate surface area is 158 Å². The molecule has 1 heterocycles. The molecule has 0 fully saturated rings. The number of hydrogen-bond donors (Lipinski definition) is 1. The predicted octanol–water partition coefficient (Wildman–Crippen LogP) is 4.26. The zero-order valence-corrected chi connectivity index (χ0v) is 16.1. The molecule has 27 heavy (non-hydrogen) atoms. The van der Waals surface area contributed by atoms with Gasteiger partial charge >= 0.3 is 0 Å². The highest BCUT2D eigenvalue weighted by Gasteiger charge is 2.22. The number of furan rings is 1. The minimum atomic E-state index is -0.301. The van der Waals surface area contributed by atoms with Crippen LogP contribution < -0.4 is 19.5 Å². The van der Waals surface area contributed by atoms with Crippen LogP contribution in [0.2, 0.25) is 0 Å². The number of benzene rings is 2. The maximum absolute atomic E-state index is 12.8. The van der Waals surface area contributed by atoms with Gasteiger partial charge in [-0.15, -0.1) is 0 Å². The van der Waals surface area contributed by atoms with Gasteiger partial charge in [0.2, 0.25) is 0 Å².